The van der Waals surface area contributed by atoms with E-state index in [2.05, 4.69) is 5.32 Å². The lowest BCUT2D eigenvalue weighted by atomic mass is 10.0. The molecule has 0 aliphatic rings. The van der Waals surface area contributed by atoms with Crippen LogP contribution in [0.15, 0.2) is 30.3 Å². The Morgan fingerprint density at radius 1 is 1.14 bits per heavy atom. The third kappa shape index (κ3) is 3.75. The Kier molecular flexibility index (Phi) is 5.92. The number of carboxylic acid groups (broad SMARTS) is 1. The van der Waals surface area contributed by atoms with E-state index >= 15 is 0 Å². The number of carboxylic acids is 1. The average Bonchev–Trinajstić information content (AvgIpc) is 2.48. The van der Waals surface area contributed by atoms with Gasteiger partial charge < -0.3 is 15.5 Å². The monoisotopic (exact) mass is 303 g/mol. The van der Waals surface area contributed by atoms with Crippen molar-refractivity contribution in [1.82, 2.24) is 0 Å². The van der Waals surface area contributed by atoms with Gasteiger partial charge >= 0.3 is 5.97 Å². The summed E-state index contributed by atoms with van der Waals surface area (Å²) in [6, 6.07) is 7.67. The SMILES string of the molecule is CC.CC(C)C(=O)Nc1cccc2cc(O)cc(C(=O)O)c12. The fraction of sp³-hybridized carbons (Fsp3) is 0.294. The van der Waals surface area contributed by atoms with E-state index in [0.717, 1.165) is 0 Å². The number of phenolic OH excluding ortho intramolecular Hbond substituents is 1. The fourth-order valence-corrected chi connectivity index (χ4v) is 1.96. The van der Waals surface area contributed by atoms with E-state index < -0.39 is 5.97 Å². The standard InChI is InChI=1S/C15H15NO4.C2H6/c1-8(2)14(18)16-12-5-3-4-9-6-10(17)7-11(13(9)12)15(19)20;1-2/h3-8,17H,1-2H3,(H,16,18)(H,19,20);1-2H3. The number of amides is 1. The summed E-state index contributed by atoms with van der Waals surface area (Å²) in [4.78, 5) is 23.1. The molecule has 1 amide bonds. The van der Waals surface area contributed by atoms with Crippen LogP contribution in [0.25, 0.3) is 10.8 Å². The second-order valence-electron chi connectivity index (χ2n) is 4.85. The first-order chi connectivity index (χ1) is 10.4. The maximum Gasteiger partial charge on any atom is 0.336 e. The molecule has 118 valence electrons. The number of carbonyl (C=O) groups excluding carboxylic acids is 1. The molecule has 2 aromatic carbocycles. The van der Waals surface area contributed by atoms with E-state index in [4.69, 9.17) is 0 Å². The molecular weight excluding hydrogens is 282 g/mol. The van der Waals surface area contributed by atoms with Crippen molar-refractivity contribution in [3.05, 3.63) is 35.9 Å². The van der Waals surface area contributed by atoms with Gasteiger partial charge in [-0.3, -0.25) is 4.79 Å². The Hall–Kier alpha value is -2.56. The maximum absolute atomic E-state index is 11.8. The third-order valence-corrected chi connectivity index (χ3v) is 2.97. The van der Waals surface area contributed by atoms with Gasteiger partial charge in [0, 0.05) is 17.0 Å². The zero-order valence-corrected chi connectivity index (χ0v) is 13.2. The van der Waals surface area contributed by atoms with Crippen molar-refractivity contribution in [3.8, 4) is 5.75 Å². The Morgan fingerprint density at radius 2 is 1.77 bits per heavy atom. The van der Waals surface area contributed by atoms with Gasteiger partial charge in [-0.1, -0.05) is 39.8 Å². The van der Waals surface area contributed by atoms with Crippen molar-refractivity contribution < 1.29 is 19.8 Å². The van der Waals surface area contributed by atoms with Gasteiger partial charge in [-0.15, -0.1) is 0 Å². The van der Waals surface area contributed by atoms with Crippen LogP contribution in [-0.4, -0.2) is 22.1 Å². The molecule has 0 fully saturated rings. The third-order valence-electron chi connectivity index (χ3n) is 2.97. The molecule has 0 atom stereocenters. The molecule has 0 spiro atoms. The Balaban J connectivity index is 0.00000116. The molecule has 0 aliphatic heterocycles. The number of fused-ring (bicyclic) bond motifs is 1. The topological polar surface area (TPSA) is 86.6 Å². The first-order valence-corrected chi connectivity index (χ1v) is 7.20. The van der Waals surface area contributed by atoms with Gasteiger partial charge in [0.25, 0.3) is 0 Å². The van der Waals surface area contributed by atoms with Crippen LogP contribution in [0.3, 0.4) is 0 Å². The maximum atomic E-state index is 11.8. The van der Waals surface area contributed by atoms with Crippen LogP contribution in [-0.2, 0) is 4.79 Å². The minimum absolute atomic E-state index is 0.0420. The van der Waals surface area contributed by atoms with E-state index in [1.807, 2.05) is 13.8 Å². The number of anilines is 1. The number of hydrogen-bond donors (Lipinski definition) is 3. The summed E-state index contributed by atoms with van der Waals surface area (Å²) in [6.07, 6.45) is 0. The summed E-state index contributed by atoms with van der Waals surface area (Å²) in [7, 11) is 0. The van der Waals surface area contributed by atoms with Crippen molar-refractivity contribution in [2.75, 3.05) is 5.32 Å². The second-order valence-corrected chi connectivity index (χ2v) is 4.85. The molecular formula is C17H21NO4. The van der Waals surface area contributed by atoms with Crippen LogP contribution < -0.4 is 5.32 Å². The smallest absolute Gasteiger partial charge is 0.336 e. The number of aromatic hydroxyl groups is 1. The average molecular weight is 303 g/mol. The molecule has 0 bridgehead atoms. The zero-order valence-electron chi connectivity index (χ0n) is 13.2. The normalized spacial score (nSPS) is 10.0. The van der Waals surface area contributed by atoms with Gasteiger partial charge in [0.15, 0.2) is 0 Å². The van der Waals surface area contributed by atoms with Gasteiger partial charge in [0.2, 0.25) is 5.91 Å². The summed E-state index contributed by atoms with van der Waals surface area (Å²) >= 11 is 0. The lowest BCUT2D eigenvalue weighted by Gasteiger charge is -2.12. The van der Waals surface area contributed by atoms with E-state index in [-0.39, 0.29) is 23.1 Å². The number of phenols is 1. The number of nitrogens with one attached hydrogen (secondary N) is 1. The molecule has 0 radical (unpaired) electrons. The van der Waals surface area contributed by atoms with E-state index in [9.17, 15) is 19.8 Å². The summed E-state index contributed by atoms with van der Waals surface area (Å²) in [5, 5.41) is 22.5. The largest absolute Gasteiger partial charge is 0.508 e. The van der Waals surface area contributed by atoms with Crippen LogP contribution in [0.5, 0.6) is 5.75 Å². The Labute approximate surface area is 129 Å². The second kappa shape index (κ2) is 7.45. The summed E-state index contributed by atoms with van der Waals surface area (Å²) in [6.45, 7) is 7.51. The number of rotatable bonds is 3. The van der Waals surface area contributed by atoms with Crippen LogP contribution in [0.2, 0.25) is 0 Å². The van der Waals surface area contributed by atoms with E-state index in [0.29, 0.717) is 16.5 Å². The van der Waals surface area contributed by atoms with Crippen molar-refractivity contribution in [3.63, 3.8) is 0 Å². The minimum Gasteiger partial charge on any atom is -0.508 e. The molecule has 5 nitrogen and oxygen atoms in total. The number of carbonyl (C=O) groups is 2. The zero-order chi connectivity index (χ0) is 16.9. The molecule has 0 heterocycles. The Bertz CT molecular complexity index is 692. The van der Waals surface area contributed by atoms with Gasteiger partial charge in [0.05, 0.1) is 5.56 Å². The van der Waals surface area contributed by atoms with Crippen molar-refractivity contribution in [1.29, 1.82) is 0 Å². The van der Waals surface area contributed by atoms with Crippen molar-refractivity contribution in [2.45, 2.75) is 27.7 Å². The van der Waals surface area contributed by atoms with Crippen molar-refractivity contribution >= 4 is 28.3 Å². The van der Waals surface area contributed by atoms with E-state index in [1.54, 1.807) is 32.0 Å². The van der Waals surface area contributed by atoms with Gasteiger partial charge in [0.1, 0.15) is 5.75 Å². The first kappa shape index (κ1) is 17.5. The number of benzene rings is 2. The molecule has 2 aromatic rings. The molecule has 0 unspecified atom stereocenters. The molecule has 5 heteroatoms. The van der Waals surface area contributed by atoms with Crippen LogP contribution in [0.1, 0.15) is 38.1 Å². The lowest BCUT2D eigenvalue weighted by molar-refractivity contribution is -0.118. The quantitative estimate of drug-likeness (QED) is 0.803. The molecule has 0 saturated carbocycles. The van der Waals surface area contributed by atoms with Crippen LogP contribution in [0.4, 0.5) is 5.69 Å². The van der Waals surface area contributed by atoms with E-state index in [1.165, 1.54) is 12.1 Å². The summed E-state index contributed by atoms with van der Waals surface area (Å²) in [5.41, 5.74) is 0.387. The summed E-state index contributed by atoms with van der Waals surface area (Å²) < 4.78 is 0. The predicted octanol–water partition coefficient (Wildman–Crippen LogP) is 3.86. The molecule has 0 aromatic heterocycles. The van der Waals surface area contributed by atoms with Crippen LogP contribution in [0, 0.1) is 5.92 Å². The van der Waals surface area contributed by atoms with Crippen molar-refractivity contribution in [2.24, 2.45) is 5.92 Å². The number of aromatic carboxylic acids is 1. The van der Waals surface area contributed by atoms with Gasteiger partial charge in [-0.05, 0) is 23.6 Å². The lowest BCUT2D eigenvalue weighted by Crippen LogP contribution is -2.18. The van der Waals surface area contributed by atoms with Gasteiger partial charge in [-0.2, -0.15) is 0 Å². The summed E-state index contributed by atoms with van der Waals surface area (Å²) in [5.74, 6) is -1.68. The molecule has 2 rings (SSSR count). The highest BCUT2D eigenvalue weighted by molar-refractivity contribution is 6.12. The minimum atomic E-state index is -1.16. The first-order valence-electron chi connectivity index (χ1n) is 7.20. The molecule has 22 heavy (non-hydrogen) atoms. The number of hydrogen-bond acceptors (Lipinski definition) is 3. The Morgan fingerprint density at radius 3 is 2.32 bits per heavy atom. The molecule has 3 N–H and O–H groups in total. The highest BCUT2D eigenvalue weighted by atomic mass is 16.4. The highest BCUT2D eigenvalue weighted by Gasteiger charge is 2.16. The molecule has 0 saturated heterocycles. The fourth-order valence-electron chi connectivity index (χ4n) is 1.96. The van der Waals surface area contributed by atoms with Crippen LogP contribution >= 0.6 is 0 Å². The van der Waals surface area contributed by atoms with Gasteiger partial charge in [-0.25, -0.2) is 4.79 Å². The highest BCUT2D eigenvalue weighted by Crippen LogP contribution is 2.31. The predicted molar refractivity (Wildman–Crippen MR) is 87.4 cm³/mol. The molecule has 0 aliphatic carbocycles.